The molecule has 2 aromatic rings. The van der Waals surface area contributed by atoms with Gasteiger partial charge >= 0.3 is 0 Å². The molecular formula is C8H5N4. The Morgan fingerprint density at radius 1 is 1.08 bits per heavy atom. The van der Waals surface area contributed by atoms with Crippen molar-refractivity contribution >= 4 is 0 Å². The van der Waals surface area contributed by atoms with Crippen LogP contribution in [0.4, 0.5) is 0 Å². The molecule has 0 saturated carbocycles. The molecule has 1 radical (unpaired) electrons. The van der Waals surface area contributed by atoms with Crippen molar-refractivity contribution in [3.05, 3.63) is 36.7 Å². The molecule has 0 aliphatic rings. The molecule has 2 aromatic heterocycles. The molecule has 4 heteroatoms. The maximum absolute atomic E-state index is 3.87. The van der Waals surface area contributed by atoms with Gasteiger partial charge in [0, 0.05) is 12.3 Å². The van der Waals surface area contributed by atoms with Crippen LogP contribution in [0.15, 0.2) is 30.6 Å². The number of aromatic nitrogens is 4. The SMILES string of the molecule is [c]1ccnnc1-c1cccnn1. The van der Waals surface area contributed by atoms with Gasteiger partial charge in [-0.1, -0.05) is 0 Å². The highest BCUT2D eigenvalue weighted by Gasteiger charge is 1.98. The van der Waals surface area contributed by atoms with E-state index in [2.05, 4.69) is 26.5 Å². The largest absolute Gasteiger partial charge is 0.158 e. The summed E-state index contributed by atoms with van der Waals surface area (Å²) in [7, 11) is 0. The molecule has 0 bridgehead atoms. The van der Waals surface area contributed by atoms with E-state index in [1.54, 1.807) is 24.5 Å². The minimum Gasteiger partial charge on any atom is -0.158 e. The standard InChI is InChI=1S/C8H5N4/c1-3-7(11-9-5-1)8-4-2-6-10-12-8/h1-3,5-6H. The van der Waals surface area contributed by atoms with Gasteiger partial charge in [0.2, 0.25) is 0 Å². The van der Waals surface area contributed by atoms with Crippen LogP contribution in [0.3, 0.4) is 0 Å². The van der Waals surface area contributed by atoms with Crippen molar-refractivity contribution in [2.75, 3.05) is 0 Å². The summed E-state index contributed by atoms with van der Waals surface area (Å²) in [5.74, 6) is 0. The highest BCUT2D eigenvalue weighted by Crippen LogP contribution is 2.08. The van der Waals surface area contributed by atoms with Crippen LogP contribution in [0.5, 0.6) is 0 Å². The lowest BCUT2D eigenvalue weighted by Gasteiger charge is -1.93. The molecule has 0 fully saturated rings. The van der Waals surface area contributed by atoms with Gasteiger partial charge in [-0.05, 0) is 18.2 Å². The third-order valence-corrected chi connectivity index (χ3v) is 1.33. The first-order valence-electron chi connectivity index (χ1n) is 3.44. The number of hydrogen-bond donors (Lipinski definition) is 0. The second-order valence-corrected chi connectivity index (χ2v) is 2.13. The molecule has 2 heterocycles. The topological polar surface area (TPSA) is 51.6 Å². The van der Waals surface area contributed by atoms with Gasteiger partial charge in [-0.3, -0.25) is 0 Å². The van der Waals surface area contributed by atoms with Crippen LogP contribution in [-0.2, 0) is 0 Å². The third kappa shape index (κ3) is 1.27. The van der Waals surface area contributed by atoms with Crippen molar-refractivity contribution < 1.29 is 0 Å². The lowest BCUT2D eigenvalue weighted by molar-refractivity contribution is 0.987. The van der Waals surface area contributed by atoms with E-state index in [0.717, 1.165) is 0 Å². The molecule has 0 unspecified atom stereocenters. The van der Waals surface area contributed by atoms with Gasteiger partial charge in [-0.2, -0.15) is 10.2 Å². The molecule has 0 amide bonds. The summed E-state index contributed by atoms with van der Waals surface area (Å²) in [6, 6.07) is 8.21. The molecule has 4 nitrogen and oxygen atoms in total. The normalized spacial score (nSPS) is 9.67. The Labute approximate surface area is 69.3 Å². The first kappa shape index (κ1) is 6.84. The summed E-state index contributed by atoms with van der Waals surface area (Å²) in [6.07, 6.45) is 3.18. The average Bonchev–Trinajstić information content (AvgIpc) is 2.21. The van der Waals surface area contributed by atoms with E-state index in [1.165, 1.54) is 0 Å². The molecule has 57 valence electrons. The molecule has 0 aliphatic carbocycles. The highest BCUT2D eigenvalue weighted by atomic mass is 15.1. The maximum atomic E-state index is 3.87. The second kappa shape index (κ2) is 3.04. The van der Waals surface area contributed by atoms with Gasteiger partial charge in [0.1, 0.15) is 11.4 Å². The van der Waals surface area contributed by atoms with E-state index >= 15 is 0 Å². The summed E-state index contributed by atoms with van der Waals surface area (Å²) in [5.41, 5.74) is 1.30. The van der Waals surface area contributed by atoms with Gasteiger partial charge in [0.05, 0.1) is 6.20 Å². The van der Waals surface area contributed by atoms with Crippen molar-refractivity contribution in [1.29, 1.82) is 0 Å². The summed E-state index contributed by atoms with van der Waals surface area (Å²) in [6.45, 7) is 0. The molecule has 0 atom stereocenters. The zero-order valence-electron chi connectivity index (χ0n) is 6.18. The van der Waals surface area contributed by atoms with Crippen LogP contribution in [0.1, 0.15) is 0 Å². The van der Waals surface area contributed by atoms with Crippen LogP contribution < -0.4 is 0 Å². The van der Waals surface area contributed by atoms with Crippen LogP contribution in [0, 0.1) is 6.07 Å². The van der Waals surface area contributed by atoms with Gasteiger partial charge in [-0.25, -0.2) is 0 Å². The Morgan fingerprint density at radius 3 is 2.67 bits per heavy atom. The first-order valence-corrected chi connectivity index (χ1v) is 3.44. The fourth-order valence-corrected chi connectivity index (χ4v) is 0.822. The van der Waals surface area contributed by atoms with Crippen molar-refractivity contribution in [3.8, 4) is 11.4 Å². The summed E-state index contributed by atoms with van der Waals surface area (Å²) in [5, 5.41) is 15.1. The van der Waals surface area contributed by atoms with E-state index < -0.39 is 0 Å². The number of nitrogens with zero attached hydrogens (tertiary/aromatic N) is 4. The van der Waals surface area contributed by atoms with Gasteiger partial charge < -0.3 is 0 Å². The third-order valence-electron chi connectivity index (χ3n) is 1.33. The molecule has 0 aromatic carbocycles. The quantitative estimate of drug-likeness (QED) is 0.612. The molecule has 12 heavy (non-hydrogen) atoms. The van der Waals surface area contributed by atoms with Crippen molar-refractivity contribution in [2.24, 2.45) is 0 Å². The van der Waals surface area contributed by atoms with Gasteiger partial charge in [0.25, 0.3) is 0 Å². The van der Waals surface area contributed by atoms with Crippen LogP contribution in [-0.4, -0.2) is 20.4 Å². The van der Waals surface area contributed by atoms with Crippen molar-refractivity contribution in [3.63, 3.8) is 0 Å². The number of hydrogen-bond acceptors (Lipinski definition) is 4. The molecule has 0 saturated heterocycles. The Balaban J connectivity index is 2.46. The molecule has 0 N–H and O–H groups in total. The second-order valence-electron chi connectivity index (χ2n) is 2.13. The summed E-state index contributed by atoms with van der Waals surface area (Å²) >= 11 is 0. The molecular weight excluding hydrogens is 152 g/mol. The minimum absolute atomic E-state index is 0.616. The van der Waals surface area contributed by atoms with E-state index in [9.17, 15) is 0 Å². The molecule has 0 aliphatic heterocycles. The Morgan fingerprint density at radius 2 is 2.00 bits per heavy atom. The van der Waals surface area contributed by atoms with Gasteiger partial charge in [-0.15, -0.1) is 10.2 Å². The Hall–Kier alpha value is -1.84. The predicted molar refractivity (Wildman–Crippen MR) is 41.9 cm³/mol. The summed E-state index contributed by atoms with van der Waals surface area (Å²) in [4.78, 5) is 0. The Kier molecular flexibility index (Phi) is 1.74. The van der Waals surface area contributed by atoms with Crippen LogP contribution in [0.25, 0.3) is 11.4 Å². The molecule has 0 spiro atoms. The number of rotatable bonds is 1. The zero-order chi connectivity index (χ0) is 8.23. The van der Waals surface area contributed by atoms with E-state index in [-0.39, 0.29) is 0 Å². The van der Waals surface area contributed by atoms with Crippen LogP contribution in [0.2, 0.25) is 0 Å². The predicted octanol–water partition coefficient (Wildman–Crippen LogP) is 0.734. The smallest absolute Gasteiger partial charge is 0.121 e. The van der Waals surface area contributed by atoms with E-state index in [4.69, 9.17) is 0 Å². The average molecular weight is 157 g/mol. The fraction of sp³-hybridized carbons (Fsp3) is 0. The fourth-order valence-electron chi connectivity index (χ4n) is 0.822. The minimum atomic E-state index is 0.616. The van der Waals surface area contributed by atoms with E-state index in [1.807, 2.05) is 6.07 Å². The maximum Gasteiger partial charge on any atom is 0.121 e. The molecule has 2 rings (SSSR count). The van der Waals surface area contributed by atoms with Gasteiger partial charge in [0.15, 0.2) is 0 Å². The lowest BCUT2D eigenvalue weighted by atomic mass is 10.3. The van der Waals surface area contributed by atoms with Crippen LogP contribution >= 0.6 is 0 Å². The van der Waals surface area contributed by atoms with Crippen molar-refractivity contribution in [2.45, 2.75) is 0 Å². The lowest BCUT2D eigenvalue weighted by Crippen LogP contribution is -1.90. The zero-order valence-corrected chi connectivity index (χ0v) is 6.18. The Bertz CT molecular complexity index is 308. The summed E-state index contributed by atoms with van der Waals surface area (Å²) < 4.78 is 0. The van der Waals surface area contributed by atoms with E-state index in [0.29, 0.717) is 11.4 Å². The monoisotopic (exact) mass is 157 g/mol. The first-order chi connectivity index (χ1) is 5.97. The highest BCUT2D eigenvalue weighted by molar-refractivity contribution is 5.50. The van der Waals surface area contributed by atoms with Crippen molar-refractivity contribution in [1.82, 2.24) is 20.4 Å².